The Labute approximate surface area is 247 Å². The van der Waals surface area contributed by atoms with Gasteiger partial charge in [0.05, 0.1) is 26.5 Å². The van der Waals surface area contributed by atoms with Crippen LogP contribution in [-0.4, -0.2) is 48.8 Å². The van der Waals surface area contributed by atoms with Crippen molar-refractivity contribution in [3.05, 3.63) is 129 Å². The summed E-state index contributed by atoms with van der Waals surface area (Å²) in [7, 11) is 3.06. The zero-order valence-corrected chi connectivity index (χ0v) is 23.5. The molecule has 2 heterocycles. The number of carbonyl (C=O) groups is 3. The van der Waals surface area contributed by atoms with Crippen LogP contribution >= 0.6 is 11.6 Å². The van der Waals surface area contributed by atoms with E-state index in [1.54, 1.807) is 78.0 Å². The molecule has 1 aliphatic carbocycles. The predicted molar refractivity (Wildman–Crippen MR) is 158 cm³/mol. The SMILES string of the molecule is COc1ccc([C@H]2[C@@H](C(=O)c3ccc(Cl)cc3)N3N=Cc4ccccc4[C@@H]3C23C(=O)c2ccccc2C3=O)cc1OC. The summed E-state index contributed by atoms with van der Waals surface area (Å²) in [5.41, 5.74) is 1.56. The molecule has 1 saturated heterocycles. The van der Waals surface area contributed by atoms with Crippen molar-refractivity contribution in [1.82, 2.24) is 5.01 Å². The van der Waals surface area contributed by atoms with Gasteiger partial charge in [0.2, 0.25) is 0 Å². The molecule has 4 aromatic rings. The van der Waals surface area contributed by atoms with Crippen LogP contribution in [0.2, 0.25) is 5.02 Å². The standard InChI is InChI=1S/C34H25ClN2O5/c1-41-26-16-13-20(17-27(26)42-2)28-29(30(38)19-11-14-22(35)15-12-19)37-31(23-8-4-3-7-21(23)18-36-37)34(28)32(39)24-9-5-6-10-25(24)33(34)40/h3-18,28-29,31H,1-2H3/t28-,29-,31+/m0/s1. The van der Waals surface area contributed by atoms with Gasteiger partial charge in [-0.2, -0.15) is 5.10 Å². The molecular formula is C34H25ClN2O5. The van der Waals surface area contributed by atoms with E-state index in [4.69, 9.17) is 26.2 Å². The van der Waals surface area contributed by atoms with E-state index in [0.29, 0.717) is 38.8 Å². The fourth-order valence-electron chi connectivity index (χ4n) is 6.98. The lowest BCUT2D eigenvalue weighted by Gasteiger charge is -2.36. The van der Waals surface area contributed by atoms with Gasteiger partial charge in [0.25, 0.3) is 0 Å². The largest absolute Gasteiger partial charge is 0.493 e. The Morgan fingerprint density at radius 3 is 2.14 bits per heavy atom. The maximum atomic E-state index is 14.8. The predicted octanol–water partition coefficient (Wildman–Crippen LogP) is 6.16. The molecule has 8 heteroatoms. The molecule has 0 aromatic heterocycles. The summed E-state index contributed by atoms with van der Waals surface area (Å²) in [6.07, 6.45) is 1.69. The summed E-state index contributed by atoms with van der Waals surface area (Å²) < 4.78 is 11.1. The summed E-state index contributed by atoms with van der Waals surface area (Å²) in [6, 6.07) is 24.5. The Hall–Kier alpha value is -4.75. The average molecular weight is 577 g/mol. The van der Waals surface area contributed by atoms with E-state index in [1.165, 1.54) is 14.2 Å². The highest BCUT2D eigenvalue weighted by Gasteiger charge is 2.72. The average Bonchev–Trinajstić information content (AvgIpc) is 3.46. The van der Waals surface area contributed by atoms with Crippen LogP contribution in [-0.2, 0) is 0 Å². The number of hydrazone groups is 1. The summed E-state index contributed by atoms with van der Waals surface area (Å²) in [6.45, 7) is 0. The molecule has 0 amide bonds. The molecule has 208 valence electrons. The van der Waals surface area contributed by atoms with Gasteiger partial charge < -0.3 is 9.47 Å². The lowest BCUT2D eigenvalue weighted by atomic mass is 9.63. The van der Waals surface area contributed by atoms with Gasteiger partial charge in [0.1, 0.15) is 11.5 Å². The molecular weight excluding hydrogens is 552 g/mol. The Morgan fingerprint density at radius 1 is 0.833 bits per heavy atom. The molecule has 0 N–H and O–H groups in total. The number of halogens is 1. The fraction of sp³-hybridized carbons (Fsp3) is 0.176. The number of methoxy groups -OCH3 is 2. The first-order chi connectivity index (χ1) is 20.4. The first kappa shape index (κ1) is 26.2. The number of hydrogen-bond acceptors (Lipinski definition) is 7. The van der Waals surface area contributed by atoms with E-state index in [1.807, 2.05) is 24.3 Å². The normalized spacial score (nSPS) is 21.2. The summed E-state index contributed by atoms with van der Waals surface area (Å²) >= 11 is 6.16. The van der Waals surface area contributed by atoms with Crippen LogP contribution in [0.15, 0.2) is 96.1 Å². The fourth-order valence-corrected chi connectivity index (χ4v) is 7.11. The molecule has 7 rings (SSSR count). The van der Waals surface area contributed by atoms with Crippen molar-refractivity contribution in [2.45, 2.75) is 18.0 Å². The van der Waals surface area contributed by atoms with Crippen molar-refractivity contribution in [2.24, 2.45) is 10.5 Å². The number of benzene rings is 4. The van der Waals surface area contributed by atoms with Crippen molar-refractivity contribution in [3.8, 4) is 11.5 Å². The second-order valence-electron chi connectivity index (χ2n) is 10.6. The third-order valence-corrected chi connectivity index (χ3v) is 8.99. The smallest absolute Gasteiger partial charge is 0.187 e. The van der Waals surface area contributed by atoms with E-state index in [9.17, 15) is 14.4 Å². The number of hydrogen-bond donors (Lipinski definition) is 0. The number of Topliss-reactive ketones (excluding diaryl/α,β-unsaturated/α-hetero) is 3. The molecule has 42 heavy (non-hydrogen) atoms. The Morgan fingerprint density at radius 2 is 1.48 bits per heavy atom. The van der Waals surface area contributed by atoms with Crippen molar-refractivity contribution >= 4 is 35.2 Å². The summed E-state index contributed by atoms with van der Waals surface area (Å²) in [4.78, 5) is 44.2. The molecule has 0 radical (unpaired) electrons. The van der Waals surface area contributed by atoms with Crippen LogP contribution in [0.25, 0.3) is 0 Å². The molecule has 3 atom stereocenters. The molecule has 4 aromatic carbocycles. The number of nitrogens with zero attached hydrogens (tertiary/aromatic N) is 2. The zero-order chi connectivity index (χ0) is 29.2. The molecule has 1 spiro atoms. The maximum absolute atomic E-state index is 14.8. The van der Waals surface area contributed by atoms with Crippen molar-refractivity contribution < 1.29 is 23.9 Å². The minimum Gasteiger partial charge on any atom is -0.493 e. The first-order valence-electron chi connectivity index (χ1n) is 13.5. The third kappa shape index (κ3) is 3.46. The minimum absolute atomic E-state index is 0.276. The molecule has 1 fully saturated rings. The van der Waals surface area contributed by atoms with E-state index in [2.05, 4.69) is 0 Å². The van der Waals surface area contributed by atoms with Crippen LogP contribution in [0, 0.1) is 5.41 Å². The van der Waals surface area contributed by atoms with Gasteiger partial charge >= 0.3 is 0 Å². The van der Waals surface area contributed by atoms with Gasteiger partial charge in [-0.05, 0) is 53.1 Å². The quantitative estimate of drug-likeness (QED) is 0.209. The Kier molecular flexibility index (Phi) is 6.02. The summed E-state index contributed by atoms with van der Waals surface area (Å²) in [5, 5.41) is 6.94. The molecule has 0 bridgehead atoms. The number of ketones is 3. The zero-order valence-electron chi connectivity index (χ0n) is 22.8. The van der Waals surface area contributed by atoms with Crippen LogP contribution < -0.4 is 9.47 Å². The van der Waals surface area contributed by atoms with Gasteiger partial charge in [-0.15, -0.1) is 0 Å². The molecule has 0 unspecified atom stereocenters. The molecule has 0 saturated carbocycles. The van der Waals surface area contributed by atoms with Crippen LogP contribution in [0.4, 0.5) is 0 Å². The van der Waals surface area contributed by atoms with E-state index >= 15 is 0 Å². The van der Waals surface area contributed by atoms with E-state index in [-0.39, 0.29) is 17.3 Å². The summed E-state index contributed by atoms with van der Waals surface area (Å²) in [5.74, 6) is -0.927. The van der Waals surface area contributed by atoms with Crippen molar-refractivity contribution in [2.75, 3.05) is 14.2 Å². The lowest BCUT2D eigenvalue weighted by Crippen LogP contribution is -2.43. The van der Waals surface area contributed by atoms with Crippen molar-refractivity contribution in [3.63, 3.8) is 0 Å². The topological polar surface area (TPSA) is 85.3 Å². The molecule has 3 aliphatic rings. The van der Waals surface area contributed by atoms with Gasteiger partial charge in [0, 0.05) is 27.6 Å². The number of carbonyl (C=O) groups excluding carboxylic acids is 3. The monoisotopic (exact) mass is 576 g/mol. The van der Waals surface area contributed by atoms with Crippen molar-refractivity contribution in [1.29, 1.82) is 0 Å². The number of rotatable bonds is 5. The Balaban J connectivity index is 1.55. The highest BCUT2D eigenvalue weighted by Crippen LogP contribution is 2.65. The third-order valence-electron chi connectivity index (χ3n) is 8.74. The van der Waals surface area contributed by atoms with Crippen LogP contribution in [0.5, 0.6) is 11.5 Å². The second kappa shape index (κ2) is 9.67. The van der Waals surface area contributed by atoms with Gasteiger partial charge in [-0.3, -0.25) is 19.4 Å². The number of fused-ring (bicyclic) bond motifs is 5. The lowest BCUT2D eigenvalue weighted by molar-refractivity contribution is 0.0586. The second-order valence-corrected chi connectivity index (χ2v) is 11.1. The number of ether oxygens (including phenoxy) is 2. The highest BCUT2D eigenvalue weighted by molar-refractivity contribution is 6.32. The van der Waals surface area contributed by atoms with Gasteiger partial charge in [-0.1, -0.05) is 66.2 Å². The van der Waals surface area contributed by atoms with Crippen LogP contribution in [0.3, 0.4) is 0 Å². The highest BCUT2D eigenvalue weighted by atomic mass is 35.5. The minimum atomic E-state index is -1.68. The molecule has 7 nitrogen and oxygen atoms in total. The van der Waals surface area contributed by atoms with Crippen LogP contribution in [0.1, 0.15) is 59.7 Å². The Bertz CT molecular complexity index is 1780. The maximum Gasteiger partial charge on any atom is 0.187 e. The van der Waals surface area contributed by atoms with E-state index < -0.39 is 23.4 Å². The molecule has 2 aliphatic heterocycles. The van der Waals surface area contributed by atoms with Gasteiger partial charge in [0.15, 0.2) is 28.8 Å². The van der Waals surface area contributed by atoms with Gasteiger partial charge in [-0.25, -0.2) is 0 Å². The first-order valence-corrected chi connectivity index (χ1v) is 13.9. The van der Waals surface area contributed by atoms with E-state index in [0.717, 1.165) is 11.1 Å².